The normalized spacial score (nSPS) is 12.2. The first-order valence-corrected chi connectivity index (χ1v) is 8.49. The van der Waals surface area contributed by atoms with Crippen LogP contribution in [0.3, 0.4) is 0 Å². The molecule has 0 aliphatic carbocycles. The fraction of sp³-hybridized carbons (Fsp3) is 0.625. The molecule has 0 amide bonds. The fourth-order valence-electron chi connectivity index (χ4n) is 1.90. The summed E-state index contributed by atoms with van der Waals surface area (Å²) >= 11 is 1.94. The van der Waals surface area contributed by atoms with Gasteiger partial charge in [-0.2, -0.15) is 11.8 Å². The Morgan fingerprint density at radius 3 is 2.70 bits per heavy atom. The van der Waals surface area contributed by atoms with E-state index in [1.54, 1.807) is 7.11 Å². The topological polar surface area (TPSA) is 44.5 Å². The number of thioether (sulfide) groups is 1. The van der Waals surface area contributed by atoms with Crippen LogP contribution in [0, 0.1) is 0 Å². The Balaban J connectivity index is 2.59. The maximum Gasteiger partial charge on any atom is 0.161 e. The zero-order valence-corrected chi connectivity index (χ0v) is 13.7. The molecule has 0 saturated heterocycles. The lowest BCUT2D eigenvalue weighted by Crippen LogP contribution is -2.21. The maximum absolute atomic E-state index is 6.01. The molecule has 1 atom stereocenters. The summed E-state index contributed by atoms with van der Waals surface area (Å²) in [6.07, 6.45) is 2.92. The van der Waals surface area contributed by atoms with Gasteiger partial charge in [-0.25, -0.2) is 0 Å². The van der Waals surface area contributed by atoms with Crippen molar-refractivity contribution < 1.29 is 9.47 Å². The summed E-state index contributed by atoms with van der Waals surface area (Å²) in [4.78, 5) is 0. The van der Waals surface area contributed by atoms with E-state index in [1.807, 2.05) is 17.8 Å². The Bertz CT molecular complexity index is 385. The quantitative estimate of drug-likeness (QED) is 0.671. The molecule has 0 saturated carbocycles. The summed E-state index contributed by atoms with van der Waals surface area (Å²) in [5.74, 6) is 3.92. The Morgan fingerprint density at radius 2 is 2.05 bits per heavy atom. The SMILES string of the molecule is CCSCCCOc1cc(CC(N)CC)ccc1OC. The van der Waals surface area contributed by atoms with Crippen molar-refractivity contribution in [1.82, 2.24) is 0 Å². The molecule has 4 heteroatoms. The smallest absolute Gasteiger partial charge is 0.161 e. The molecule has 0 aliphatic rings. The Kier molecular flexibility index (Phi) is 8.54. The highest BCUT2D eigenvalue weighted by molar-refractivity contribution is 7.99. The van der Waals surface area contributed by atoms with Crippen LogP contribution in [0.15, 0.2) is 18.2 Å². The fourth-order valence-corrected chi connectivity index (χ4v) is 2.51. The van der Waals surface area contributed by atoms with E-state index >= 15 is 0 Å². The second kappa shape index (κ2) is 9.94. The molecule has 0 spiro atoms. The minimum atomic E-state index is 0.206. The lowest BCUT2D eigenvalue weighted by molar-refractivity contribution is 0.295. The van der Waals surface area contributed by atoms with Crippen molar-refractivity contribution in [1.29, 1.82) is 0 Å². The third-order valence-corrected chi connectivity index (χ3v) is 4.13. The maximum atomic E-state index is 6.01. The molecule has 1 unspecified atom stereocenters. The molecule has 1 aromatic carbocycles. The van der Waals surface area contributed by atoms with E-state index in [0.29, 0.717) is 0 Å². The van der Waals surface area contributed by atoms with Crippen molar-refractivity contribution in [3.05, 3.63) is 23.8 Å². The zero-order chi connectivity index (χ0) is 14.8. The van der Waals surface area contributed by atoms with Gasteiger partial charge in [0.05, 0.1) is 13.7 Å². The molecule has 2 N–H and O–H groups in total. The van der Waals surface area contributed by atoms with Gasteiger partial charge in [0.2, 0.25) is 0 Å². The Hall–Kier alpha value is -0.870. The number of benzene rings is 1. The van der Waals surface area contributed by atoms with Crippen LogP contribution >= 0.6 is 11.8 Å². The summed E-state index contributed by atoms with van der Waals surface area (Å²) in [6, 6.07) is 6.29. The number of rotatable bonds is 10. The number of ether oxygens (including phenoxy) is 2. The van der Waals surface area contributed by atoms with Gasteiger partial charge in [-0.3, -0.25) is 0 Å². The summed E-state index contributed by atoms with van der Waals surface area (Å²) in [5, 5.41) is 0. The number of nitrogens with two attached hydrogens (primary N) is 1. The number of hydrogen-bond donors (Lipinski definition) is 1. The van der Waals surface area contributed by atoms with Crippen molar-refractivity contribution >= 4 is 11.8 Å². The standard InChI is InChI=1S/C16H27NO2S/c1-4-14(17)11-13-7-8-15(18-3)16(12-13)19-9-6-10-20-5-2/h7-8,12,14H,4-6,9-11,17H2,1-3H3. The third kappa shape index (κ3) is 6.06. The highest BCUT2D eigenvalue weighted by Crippen LogP contribution is 2.28. The first-order valence-electron chi connectivity index (χ1n) is 7.34. The first-order chi connectivity index (χ1) is 9.71. The Labute approximate surface area is 127 Å². The lowest BCUT2D eigenvalue weighted by atomic mass is 10.0. The van der Waals surface area contributed by atoms with Gasteiger partial charge < -0.3 is 15.2 Å². The summed E-state index contributed by atoms with van der Waals surface area (Å²) in [7, 11) is 1.67. The molecular weight excluding hydrogens is 270 g/mol. The lowest BCUT2D eigenvalue weighted by Gasteiger charge is -2.14. The molecule has 20 heavy (non-hydrogen) atoms. The molecule has 0 bridgehead atoms. The van der Waals surface area contributed by atoms with Gasteiger partial charge in [0, 0.05) is 6.04 Å². The Morgan fingerprint density at radius 1 is 1.25 bits per heavy atom. The van der Waals surface area contributed by atoms with Crippen LogP contribution in [0.25, 0.3) is 0 Å². The predicted molar refractivity (Wildman–Crippen MR) is 88.1 cm³/mol. The molecule has 0 radical (unpaired) electrons. The van der Waals surface area contributed by atoms with Crippen molar-refractivity contribution in [2.45, 2.75) is 39.2 Å². The van der Waals surface area contributed by atoms with Crippen molar-refractivity contribution in [2.24, 2.45) is 5.73 Å². The zero-order valence-electron chi connectivity index (χ0n) is 12.9. The molecule has 0 aromatic heterocycles. The highest BCUT2D eigenvalue weighted by Gasteiger charge is 2.08. The third-order valence-electron chi connectivity index (χ3n) is 3.15. The van der Waals surface area contributed by atoms with Gasteiger partial charge in [0.1, 0.15) is 0 Å². The van der Waals surface area contributed by atoms with Gasteiger partial charge in [-0.1, -0.05) is 19.9 Å². The molecule has 1 rings (SSSR count). The monoisotopic (exact) mass is 297 g/mol. The van der Waals surface area contributed by atoms with Crippen LogP contribution in [-0.2, 0) is 6.42 Å². The van der Waals surface area contributed by atoms with E-state index in [9.17, 15) is 0 Å². The van der Waals surface area contributed by atoms with Crippen molar-refractivity contribution in [3.63, 3.8) is 0 Å². The molecule has 114 valence electrons. The van der Waals surface area contributed by atoms with E-state index in [2.05, 4.69) is 26.0 Å². The van der Waals surface area contributed by atoms with E-state index < -0.39 is 0 Å². The van der Waals surface area contributed by atoms with Crippen LogP contribution in [0.5, 0.6) is 11.5 Å². The summed E-state index contributed by atoms with van der Waals surface area (Å²) < 4.78 is 11.2. The molecular formula is C16H27NO2S. The van der Waals surface area contributed by atoms with Gasteiger partial charge in [0.25, 0.3) is 0 Å². The van der Waals surface area contributed by atoms with E-state index in [0.717, 1.165) is 48.9 Å². The average Bonchev–Trinajstić information content (AvgIpc) is 2.47. The van der Waals surface area contributed by atoms with Crippen molar-refractivity contribution in [2.75, 3.05) is 25.2 Å². The molecule has 1 aromatic rings. The van der Waals surface area contributed by atoms with Crippen LogP contribution in [0.2, 0.25) is 0 Å². The van der Waals surface area contributed by atoms with E-state index in [4.69, 9.17) is 15.2 Å². The van der Waals surface area contributed by atoms with Crippen LogP contribution in [0.1, 0.15) is 32.3 Å². The molecule has 0 fully saturated rings. The van der Waals surface area contributed by atoms with Gasteiger partial charge in [0.15, 0.2) is 11.5 Å². The van der Waals surface area contributed by atoms with Crippen molar-refractivity contribution in [3.8, 4) is 11.5 Å². The molecule has 3 nitrogen and oxygen atoms in total. The highest BCUT2D eigenvalue weighted by atomic mass is 32.2. The first kappa shape index (κ1) is 17.2. The largest absolute Gasteiger partial charge is 0.493 e. The van der Waals surface area contributed by atoms with Gasteiger partial charge in [-0.15, -0.1) is 0 Å². The molecule has 0 aliphatic heterocycles. The second-order valence-corrected chi connectivity index (χ2v) is 6.15. The van der Waals surface area contributed by atoms with Crippen LogP contribution in [0.4, 0.5) is 0 Å². The average molecular weight is 297 g/mol. The number of methoxy groups -OCH3 is 1. The van der Waals surface area contributed by atoms with E-state index in [-0.39, 0.29) is 6.04 Å². The minimum Gasteiger partial charge on any atom is -0.493 e. The van der Waals surface area contributed by atoms with Crippen LogP contribution < -0.4 is 15.2 Å². The minimum absolute atomic E-state index is 0.206. The second-order valence-electron chi connectivity index (χ2n) is 4.76. The summed E-state index contributed by atoms with van der Waals surface area (Å²) in [5.41, 5.74) is 7.21. The molecule has 0 heterocycles. The predicted octanol–water partition coefficient (Wildman–Crippen LogP) is 3.50. The van der Waals surface area contributed by atoms with Crippen LogP contribution in [-0.4, -0.2) is 31.3 Å². The summed E-state index contributed by atoms with van der Waals surface area (Å²) in [6.45, 7) is 5.01. The van der Waals surface area contributed by atoms with E-state index in [1.165, 1.54) is 5.56 Å². The number of hydrogen-bond acceptors (Lipinski definition) is 4. The van der Waals surface area contributed by atoms with Gasteiger partial charge in [-0.05, 0) is 48.5 Å². The van der Waals surface area contributed by atoms with Gasteiger partial charge >= 0.3 is 0 Å².